The maximum atomic E-state index is 14.8. The van der Waals surface area contributed by atoms with Gasteiger partial charge >= 0.3 is 5.97 Å². The van der Waals surface area contributed by atoms with E-state index in [1.54, 1.807) is 14.2 Å². The first-order valence-electron chi connectivity index (χ1n) is 21.0. The van der Waals surface area contributed by atoms with E-state index < -0.39 is 12.4 Å². The second kappa shape index (κ2) is 18.3. The van der Waals surface area contributed by atoms with Crippen molar-refractivity contribution in [3.8, 4) is 0 Å². The molecule has 3 aliphatic carbocycles. The lowest BCUT2D eigenvalue weighted by molar-refractivity contribution is -0.317. The summed E-state index contributed by atoms with van der Waals surface area (Å²) in [6, 6.07) is 0.337. The third-order valence-electron chi connectivity index (χ3n) is 13.7. The third-order valence-corrected chi connectivity index (χ3v) is 13.7. The molecule has 11 heteroatoms. The summed E-state index contributed by atoms with van der Waals surface area (Å²) >= 11 is 0. The van der Waals surface area contributed by atoms with Gasteiger partial charge in [-0.1, -0.05) is 31.6 Å². The topological polar surface area (TPSA) is 111 Å². The number of ketones is 1. The molecule has 0 amide bonds. The normalized spacial score (nSPS) is 44.7. The molecule has 3 saturated heterocycles. The summed E-state index contributed by atoms with van der Waals surface area (Å²) in [5, 5.41) is 0. The highest BCUT2D eigenvalue weighted by molar-refractivity contribution is 5.99. The van der Waals surface area contributed by atoms with Crippen LogP contribution in [0.25, 0.3) is 0 Å². The summed E-state index contributed by atoms with van der Waals surface area (Å²) in [5.41, 5.74) is 2.08. The van der Waals surface area contributed by atoms with Gasteiger partial charge in [-0.3, -0.25) is 9.59 Å². The predicted molar refractivity (Wildman–Crippen MR) is 203 cm³/mol. The van der Waals surface area contributed by atoms with Crippen molar-refractivity contribution in [2.24, 2.45) is 35.5 Å². The van der Waals surface area contributed by atoms with E-state index in [2.05, 4.69) is 51.9 Å². The quantitative estimate of drug-likeness (QED) is 0.186. The second-order valence-corrected chi connectivity index (χ2v) is 17.2. The van der Waals surface area contributed by atoms with Gasteiger partial charge < -0.3 is 42.8 Å². The Balaban J connectivity index is 1.23. The van der Waals surface area contributed by atoms with Gasteiger partial charge in [-0.15, -0.1) is 0 Å². The Labute approximate surface area is 324 Å². The van der Waals surface area contributed by atoms with E-state index in [0.717, 1.165) is 50.5 Å². The highest BCUT2D eigenvalue weighted by Gasteiger charge is 2.54. The molecule has 17 atom stereocenters. The number of carbonyl (C=O) groups excluding carboxylic acids is 2. The molecule has 11 nitrogen and oxygen atoms in total. The van der Waals surface area contributed by atoms with Crippen LogP contribution < -0.4 is 0 Å². The first-order chi connectivity index (χ1) is 25.9. The zero-order chi connectivity index (χ0) is 38.8. The summed E-state index contributed by atoms with van der Waals surface area (Å²) in [6.45, 7) is 12.9. The van der Waals surface area contributed by atoms with E-state index in [1.807, 2.05) is 20.8 Å². The number of allylic oxidation sites excluding steroid dienone is 4. The fraction of sp³-hybridized carbons (Fsp3) is 0.860. The number of cyclic esters (lactones) is 1. The highest BCUT2D eigenvalue weighted by Crippen LogP contribution is 2.56. The van der Waals surface area contributed by atoms with Crippen molar-refractivity contribution in [1.82, 2.24) is 4.90 Å². The first-order valence-corrected chi connectivity index (χ1v) is 21.0. The molecule has 1 unspecified atom stereocenters. The van der Waals surface area contributed by atoms with Crippen LogP contribution in [0.5, 0.6) is 0 Å². The molecule has 1 saturated carbocycles. The summed E-state index contributed by atoms with van der Waals surface area (Å²) in [7, 11) is 7.53. The molecule has 3 heterocycles. The van der Waals surface area contributed by atoms with E-state index in [4.69, 9.17) is 37.9 Å². The van der Waals surface area contributed by atoms with Crippen molar-refractivity contribution in [2.45, 2.75) is 167 Å². The monoisotopic (exact) mass is 759 g/mol. The Morgan fingerprint density at radius 3 is 2.26 bits per heavy atom. The number of fused-ring (bicyclic) bond motifs is 5. The number of rotatable bonds is 10. The predicted octanol–water partition coefficient (Wildman–Crippen LogP) is 6.27. The largest absolute Gasteiger partial charge is 0.462 e. The minimum absolute atomic E-state index is 0.0361. The molecular formula is C43H69NO10. The Hall–Kier alpha value is -1.70. The number of hydrogen-bond acceptors (Lipinski definition) is 11. The zero-order valence-corrected chi connectivity index (χ0v) is 34.6. The van der Waals surface area contributed by atoms with Crippen LogP contribution in [0.4, 0.5) is 0 Å². The van der Waals surface area contributed by atoms with E-state index in [-0.39, 0.29) is 96.8 Å². The highest BCUT2D eigenvalue weighted by atomic mass is 16.7. The van der Waals surface area contributed by atoms with Crippen LogP contribution >= 0.6 is 0 Å². The zero-order valence-electron chi connectivity index (χ0n) is 34.6. The number of methoxy groups -OCH3 is 2. The number of hydrogen-bond donors (Lipinski definition) is 0. The lowest BCUT2D eigenvalue weighted by Gasteiger charge is -2.44. The molecular weight excluding hydrogens is 690 g/mol. The summed E-state index contributed by atoms with van der Waals surface area (Å²) in [5.74, 6) is 0.00892. The van der Waals surface area contributed by atoms with Crippen LogP contribution in [-0.4, -0.2) is 119 Å². The fourth-order valence-electron chi connectivity index (χ4n) is 10.9. The standard InChI is InChI=1S/C43H69NO10/c1-11-27-14-13-15-36(54-38-17-16-35(44(7)8)25(5)50-38)24(4)39(46)34-21-32-30(33(34)22-37(45)52-27)18-23(3)29-19-28(20-31(29)32)53-43-42(48-10)41(49-12-2)40(47-9)26(6)51-43/h18,21,24-33,35-36,38,40-43H,11-17,19-20,22H2,1-10H3/t24-,25-,26+,27+,28-,29+,30?,31-,32-,33+,35+,36+,38+,40+,41-,42-,43+/m1/s1. The van der Waals surface area contributed by atoms with Crippen LogP contribution in [0, 0.1) is 35.5 Å². The average molecular weight is 760 g/mol. The Bertz CT molecular complexity index is 1350. The molecule has 54 heavy (non-hydrogen) atoms. The van der Waals surface area contributed by atoms with E-state index >= 15 is 0 Å². The SMILES string of the molecule is CCO[C@@H]1[C@@H](OC)[C@H](C)O[C@@H](O[C@H]2C[C@H]3[C@@H]4C=C5C(=O)[C@H](C)[C@@H](O[C@H]6CC[C@H](N(C)C)[C@@H](C)O6)CCC[C@H](CC)OC(=O)C[C@H]5C4C=C(C)[C@@H]3C2)[C@@H]1OC. The van der Waals surface area contributed by atoms with Crippen LogP contribution in [0.2, 0.25) is 0 Å². The molecule has 0 N–H and O–H groups in total. The third kappa shape index (κ3) is 8.74. The second-order valence-electron chi connectivity index (χ2n) is 17.2. The number of likely N-dealkylation sites (N-methyl/N-ethyl adjacent to an activating group) is 1. The van der Waals surface area contributed by atoms with Crippen LogP contribution in [0.1, 0.15) is 99.3 Å². The molecule has 6 aliphatic rings. The molecule has 0 aromatic rings. The maximum absolute atomic E-state index is 14.8. The first kappa shape index (κ1) is 41.9. The van der Waals surface area contributed by atoms with Gasteiger partial charge in [0.1, 0.15) is 24.4 Å². The number of ether oxygens (including phenoxy) is 8. The molecule has 0 aromatic heterocycles. The lowest BCUT2D eigenvalue weighted by Crippen LogP contribution is -2.60. The van der Waals surface area contributed by atoms with Gasteiger partial charge in [0.05, 0.1) is 30.8 Å². The Kier molecular flexibility index (Phi) is 14.2. The van der Waals surface area contributed by atoms with Crippen molar-refractivity contribution in [3.63, 3.8) is 0 Å². The molecule has 0 radical (unpaired) electrons. The number of Topliss-reactive ketones (excluding diaryl/α,β-unsaturated/α-hetero) is 1. The molecule has 306 valence electrons. The Morgan fingerprint density at radius 2 is 1.59 bits per heavy atom. The van der Waals surface area contributed by atoms with Gasteiger partial charge in [-0.25, -0.2) is 0 Å². The van der Waals surface area contributed by atoms with Crippen LogP contribution in [0.15, 0.2) is 23.3 Å². The van der Waals surface area contributed by atoms with E-state index in [1.165, 1.54) is 5.57 Å². The van der Waals surface area contributed by atoms with Gasteiger partial charge in [-0.05, 0) is 122 Å². The number of esters is 1. The minimum atomic E-state index is -0.597. The van der Waals surface area contributed by atoms with Crippen LogP contribution in [-0.2, 0) is 47.5 Å². The van der Waals surface area contributed by atoms with Crippen molar-refractivity contribution in [1.29, 1.82) is 0 Å². The van der Waals surface area contributed by atoms with Gasteiger partial charge in [-0.2, -0.15) is 0 Å². The summed E-state index contributed by atoms with van der Waals surface area (Å²) < 4.78 is 50.3. The molecule has 0 bridgehead atoms. The van der Waals surface area contributed by atoms with Crippen molar-refractivity contribution in [3.05, 3.63) is 23.3 Å². The smallest absolute Gasteiger partial charge is 0.306 e. The van der Waals surface area contributed by atoms with Crippen molar-refractivity contribution < 1.29 is 47.5 Å². The summed E-state index contributed by atoms with van der Waals surface area (Å²) in [4.78, 5) is 30.6. The van der Waals surface area contributed by atoms with Crippen LogP contribution in [0.3, 0.4) is 0 Å². The van der Waals surface area contributed by atoms with E-state index in [0.29, 0.717) is 25.0 Å². The molecule has 0 spiro atoms. The Morgan fingerprint density at radius 1 is 0.833 bits per heavy atom. The molecule has 0 aromatic carbocycles. The van der Waals surface area contributed by atoms with Gasteiger partial charge in [0, 0.05) is 38.7 Å². The van der Waals surface area contributed by atoms with Crippen molar-refractivity contribution in [2.75, 3.05) is 34.9 Å². The molecule has 4 fully saturated rings. The van der Waals surface area contributed by atoms with Crippen molar-refractivity contribution >= 4 is 11.8 Å². The minimum Gasteiger partial charge on any atom is -0.462 e. The van der Waals surface area contributed by atoms with Gasteiger partial charge in [0.25, 0.3) is 0 Å². The molecule has 3 aliphatic heterocycles. The average Bonchev–Trinajstić information content (AvgIpc) is 3.71. The van der Waals surface area contributed by atoms with Gasteiger partial charge in [0.15, 0.2) is 18.4 Å². The maximum Gasteiger partial charge on any atom is 0.306 e. The number of carbonyl (C=O) groups is 2. The summed E-state index contributed by atoms with van der Waals surface area (Å²) in [6.07, 6.45) is 8.61. The van der Waals surface area contributed by atoms with E-state index in [9.17, 15) is 9.59 Å². The lowest BCUT2D eigenvalue weighted by atomic mass is 9.67. The van der Waals surface area contributed by atoms with Gasteiger partial charge in [0.2, 0.25) is 0 Å². The number of nitrogens with zero attached hydrogens (tertiary/aromatic N) is 1. The molecule has 6 rings (SSSR count). The fourth-order valence-corrected chi connectivity index (χ4v) is 10.9.